The van der Waals surface area contributed by atoms with E-state index in [1.807, 2.05) is 12.3 Å². The molecule has 0 spiro atoms. The molecule has 0 saturated carbocycles. The molecule has 0 bridgehead atoms. The first-order valence-electron chi connectivity index (χ1n) is 9.61. The van der Waals surface area contributed by atoms with Crippen LogP contribution in [0.5, 0.6) is 0 Å². The van der Waals surface area contributed by atoms with E-state index in [1.54, 1.807) is 18.2 Å². The highest BCUT2D eigenvalue weighted by Gasteiger charge is 2.35. The Balaban J connectivity index is 1.91. The first-order valence-corrected chi connectivity index (χ1v) is 9.61. The fraction of sp³-hybridized carbons (Fsp3) is 0.391. The maximum absolute atomic E-state index is 11.1. The van der Waals surface area contributed by atoms with Crippen molar-refractivity contribution in [1.29, 1.82) is 0 Å². The molecule has 2 aromatic rings. The molecule has 2 aromatic carbocycles. The molecule has 0 aliphatic carbocycles. The minimum atomic E-state index is -0.937. The molecular weight excluding hydrogens is 336 g/mol. The third-order valence-electron chi connectivity index (χ3n) is 5.31. The number of aliphatic imine (C=N–C) groups is 1. The van der Waals surface area contributed by atoms with Crippen molar-refractivity contribution in [2.24, 2.45) is 4.99 Å². The number of carbonyl (C=O) groups is 1. The van der Waals surface area contributed by atoms with Crippen LogP contribution in [0.2, 0.25) is 0 Å². The van der Waals surface area contributed by atoms with Crippen molar-refractivity contribution < 1.29 is 9.90 Å². The van der Waals surface area contributed by atoms with Gasteiger partial charge in [0.2, 0.25) is 0 Å². The van der Waals surface area contributed by atoms with Gasteiger partial charge in [-0.1, -0.05) is 26.0 Å². The van der Waals surface area contributed by atoms with E-state index in [0.29, 0.717) is 11.6 Å². The Morgan fingerprint density at radius 1 is 1.30 bits per heavy atom. The largest absolute Gasteiger partial charge is 0.478 e. The molecule has 3 rings (SSSR count). The first-order chi connectivity index (χ1) is 12.8. The van der Waals surface area contributed by atoms with Gasteiger partial charge in [-0.3, -0.25) is 4.99 Å². The Bertz CT molecular complexity index is 870. The molecule has 1 aliphatic rings. The van der Waals surface area contributed by atoms with Crippen LogP contribution >= 0.6 is 0 Å². The van der Waals surface area contributed by atoms with Crippen LogP contribution in [0.1, 0.15) is 67.9 Å². The molecule has 27 heavy (non-hydrogen) atoms. The van der Waals surface area contributed by atoms with E-state index in [1.165, 1.54) is 11.3 Å². The average molecular weight is 364 g/mol. The molecule has 4 heteroatoms. The second kappa shape index (κ2) is 7.55. The number of nitrogens with zero attached hydrogens (tertiary/aromatic N) is 2. The maximum atomic E-state index is 11.1. The summed E-state index contributed by atoms with van der Waals surface area (Å²) in [6, 6.07) is 13.2. The Kier molecular flexibility index (Phi) is 5.36. The van der Waals surface area contributed by atoms with E-state index in [4.69, 9.17) is 5.11 Å². The highest BCUT2D eigenvalue weighted by Crippen LogP contribution is 2.43. The standard InChI is InChI=1S/C23H28N2O2/c1-5-11-25-21-10-9-17(12-20(21)16(2)14-23(25,3)4)15-24-19-8-6-7-18(13-19)22(26)27/h6-10,12-13,15-16H,5,11,14H2,1-4H3,(H,26,27). The summed E-state index contributed by atoms with van der Waals surface area (Å²) in [5.74, 6) is -0.444. The lowest BCUT2D eigenvalue weighted by molar-refractivity contribution is 0.0697. The van der Waals surface area contributed by atoms with Gasteiger partial charge in [0, 0.05) is 24.0 Å². The van der Waals surface area contributed by atoms with Crippen LogP contribution in [0.3, 0.4) is 0 Å². The SMILES string of the molecule is CCCN1c2ccc(C=Nc3cccc(C(=O)O)c3)cc2C(C)CC1(C)C. The average Bonchev–Trinajstić information content (AvgIpc) is 2.63. The molecule has 142 valence electrons. The summed E-state index contributed by atoms with van der Waals surface area (Å²) >= 11 is 0. The quantitative estimate of drug-likeness (QED) is 0.699. The summed E-state index contributed by atoms with van der Waals surface area (Å²) in [7, 11) is 0. The van der Waals surface area contributed by atoms with Crippen molar-refractivity contribution in [1.82, 2.24) is 0 Å². The molecule has 0 radical (unpaired) electrons. The summed E-state index contributed by atoms with van der Waals surface area (Å²) in [5, 5.41) is 9.11. The summed E-state index contributed by atoms with van der Waals surface area (Å²) in [6.07, 6.45) is 4.07. The maximum Gasteiger partial charge on any atom is 0.335 e. The van der Waals surface area contributed by atoms with Crippen LogP contribution in [0.25, 0.3) is 0 Å². The summed E-state index contributed by atoms with van der Waals surface area (Å²) in [4.78, 5) is 18.1. The van der Waals surface area contributed by atoms with Gasteiger partial charge in [-0.15, -0.1) is 0 Å². The predicted molar refractivity (Wildman–Crippen MR) is 112 cm³/mol. The molecule has 0 saturated heterocycles. The van der Waals surface area contributed by atoms with E-state index in [-0.39, 0.29) is 11.1 Å². The summed E-state index contributed by atoms with van der Waals surface area (Å²) < 4.78 is 0. The number of aromatic carboxylic acids is 1. The molecule has 0 amide bonds. The number of rotatable bonds is 5. The minimum absolute atomic E-state index is 0.162. The van der Waals surface area contributed by atoms with Gasteiger partial charge in [0.05, 0.1) is 11.3 Å². The van der Waals surface area contributed by atoms with Gasteiger partial charge < -0.3 is 10.0 Å². The van der Waals surface area contributed by atoms with Crippen molar-refractivity contribution in [2.45, 2.75) is 52.0 Å². The van der Waals surface area contributed by atoms with E-state index in [2.05, 4.69) is 55.8 Å². The van der Waals surface area contributed by atoms with E-state index in [9.17, 15) is 4.79 Å². The second-order valence-electron chi connectivity index (χ2n) is 8.00. The van der Waals surface area contributed by atoms with Gasteiger partial charge in [0.15, 0.2) is 0 Å². The van der Waals surface area contributed by atoms with Crippen LogP contribution in [-0.2, 0) is 0 Å². The van der Waals surface area contributed by atoms with Crippen molar-refractivity contribution in [3.8, 4) is 0 Å². The minimum Gasteiger partial charge on any atom is -0.478 e. The lowest BCUT2D eigenvalue weighted by atomic mass is 9.79. The third kappa shape index (κ3) is 4.05. The molecule has 1 unspecified atom stereocenters. The molecular formula is C23H28N2O2. The number of carboxylic acids is 1. The lowest BCUT2D eigenvalue weighted by Gasteiger charge is -2.47. The van der Waals surface area contributed by atoms with Crippen molar-refractivity contribution in [3.63, 3.8) is 0 Å². The lowest BCUT2D eigenvalue weighted by Crippen LogP contribution is -2.48. The molecule has 0 aromatic heterocycles. The number of anilines is 1. The third-order valence-corrected chi connectivity index (χ3v) is 5.31. The van der Waals surface area contributed by atoms with Crippen LogP contribution in [0, 0.1) is 0 Å². The molecule has 1 atom stereocenters. The Labute approximate surface area is 161 Å². The Hall–Kier alpha value is -2.62. The monoisotopic (exact) mass is 364 g/mol. The fourth-order valence-electron chi connectivity index (χ4n) is 4.10. The van der Waals surface area contributed by atoms with Crippen LogP contribution < -0.4 is 4.90 Å². The van der Waals surface area contributed by atoms with Crippen molar-refractivity contribution >= 4 is 23.6 Å². The number of benzene rings is 2. The molecule has 1 heterocycles. The van der Waals surface area contributed by atoms with Crippen molar-refractivity contribution in [2.75, 3.05) is 11.4 Å². The van der Waals surface area contributed by atoms with Crippen LogP contribution in [-0.4, -0.2) is 29.4 Å². The highest BCUT2D eigenvalue weighted by atomic mass is 16.4. The zero-order valence-corrected chi connectivity index (χ0v) is 16.6. The normalized spacial score (nSPS) is 18.5. The van der Waals surface area contributed by atoms with Crippen LogP contribution in [0.4, 0.5) is 11.4 Å². The van der Waals surface area contributed by atoms with Gasteiger partial charge in [0.25, 0.3) is 0 Å². The van der Waals surface area contributed by atoms with Gasteiger partial charge >= 0.3 is 5.97 Å². The van der Waals surface area contributed by atoms with Crippen molar-refractivity contribution in [3.05, 3.63) is 59.2 Å². The zero-order valence-electron chi connectivity index (χ0n) is 16.6. The molecule has 1 aliphatic heterocycles. The second-order valence-corrected chi connectivity index (χ2v) is 8.00. The Morgan fingerprint density at radius 3 is 2.78 bits per heavy atom. The summed E-state index contributed by atoms with van der Waals surface area (Å²) in [5.41, 5.74) is 4.79. The van der Waals surface area contributed by atoms with E-state index in [0.717, 1.165) is 24.9 Å². The number of fused-ring (bicyclic) bond motifs is 1. The van der Waals surface area contributed by atoms with Gasteiger partial charge in [-0.05, 0) is 74.1 Å². The number of hydrogen-bond acceptors (Lipinski definition) is 3. The summed E-state index contributed by atoms with van der Waals surface area (Å²) in [6.45, 7) is 10.2. The predicted octanol–water partition coefficient (Wildman–Crippen LogP) is 5.64. The van der Waals surface area contributed by atoms with E-state index < -0.39 is 5.97 Å². The highest BCUT2D eigenvalue weighted by molar-refractivity contribution is 5.89. The molecule has 4 nitrogen and oxygen atoms in total. The van der Waals surface area contributed by atoms with Crippen LogP contribution in [0.15, 0.2) is 47.5 Å². The van der Waals surface area contributed by atoms with Gasteiger partial charge in [-0.25, -0.2) is 4.79 Å². The molecule has 0 fully saturated rings. The number of carboxylic acid groups (broad SMARTS) is 1. The fourth-order valence-corrected chi connectivity index (χ4v) is 4.10. The topological polar surface area (TPSA) is 52.9 Å². The van der Waals surface area contributed by atoms with Gasteiger partial charge in [0.1, 0.15) is 0 Å². The zero-order chi connectivity index (χ0) is 19.6. The first kappa shape index (κ1) is 19.2. The van der Waals surface area contributed by atoms with Gasteiger partial charge in [-0.2, -0.15) is 0 Å². The smallest absolute Gasteiger partial charge is 0.335 e. The number of hydrogen-bond donors (Lipinski definition) is 1. The molecule has 1 N–H and O–H groups in total. The Morgan fingerprint density at radius 2 is 2.07 bits per heavy atom. The van der Waals surface area contributed by atoms with E-state index >= 15 is 0 Å².